The van der Waals surface area contributed by atoms with E-state index in [2.05, 4.69) is 29.8 Å². The Bertz CT molecular complexity index is 433. The van der Waals surface area contributed by atoms with E-state index >= 15 is 0 Å². The summed E-state index contributed by atoms with van der Waals surface area (Å²) < 4.78 is 0. The van der Waals surface area contributed by atoms with Crippen molar-refractivity contribution >= 4 is 5.84 Å². The number of hydrogen-bond acceptors (Lipinski definition) is 3. The van der Waals surface area contributed by atoms with Crippen molar-refractivity contribution in [1.29, 1.82) is 5.41 Å². The zero-order valence-corrected chi connectivity index (χ0v) is 11.2. The SMILES string of the molecule is Cc1cc(C(=N)N)ccc1CN1CCN(C)CC1. The van der Waals surface area contributed by atoms with Crippen LogP contribution in [0.15, 0.2) is 18.2 Å². The zero-order chi connectivity index (χ0) is 13.1. The summed E-state index contributed by atoms with van der Waals surface area (Å²) in [6.07, 6.45) is 0. The molecule has 18 heavy (non-hydrogen) atoms. The maximum Gasteiger partial charge on any atom is 0.122 e. The Morgan fingerprint density at radius 3 is 2.50 bits per heavy atom. The highest BCUT2D eigenvalue weighted by atomic mass is 15.2. The number of benzene rings is 1. The number of aryl methyl sites for hydroxylation is 1. The molecule has 1 heterocycles. The summed E-state index contributed by atoms with van der Waals surface area (Å²) in [6, 6.07) is 6.05. The van der Waals surface area contributed by atoms with E-state index < -0.39 is 0 Å². The molecule has 1 aliphatic rings. The maximum atomic E-state index is 7.44. The molecule has 2 rings (SSSR count). The Balaban J connectivity index is 2.03. The Labute approximate surface area is 109 Å². The lowest BCUT2D eigenvalue weighted by molar-refractivity contribution is 0.148. The summed E-state index contributed by atoms with van der Waals surface area (Å²) in [5.41, 5.74) is 8.88. The fraction of sp³-hybridized carbons (Fsp3) is 0.500. The number of amidine groups is 1. The monoisotopic (exact) mass is 246 g/mol. The molecular formula is C14H22N4. The Hall–Kier alpha value is -1.39. The van der Waals surface area contributed by atoms with E-state index in [4.69, 9.17) is 11.1 Å². The fourth-order valence-electron chi connectivity index (χ4n) is 2.29. The first kappa shape index (κ1) is 13.1. The van der Waals surface area contributed by atoms with Crippen molar-refractivity contribution in [3.05, 3.63) is 34.9 Å². The van der Waals surface area contributed by atoms with Crippen LogP contribution in [-0.4, -0.2) is 48.9 Å². The average molecular weight is 246 g/mol. The highest BCUT2D eigenvalue weighted by molar-refractivity contribution is 5.95. The molecule has 0 saturated carbocycles. The van der Waals surface area contributed by atoms with Gasteiger partial charge >= 0.3 is 0 Å². The van der Waals surface area contributed by atoms with Crippen molar-refractivity contribution < 1.29 is 0 Å². The van der Waals surface area contributed by atoms with E-state index in [9.17, 15) is 0 Å². The van der Waals surface area contributed by atoms with Gasteiger partial charge < -0.3 is 10.6 Å². The topological polar surface area (TPSA) is 56.4 Å². The standard InChI is InChI=1S/C14H22N4/c1-11-9-12(14(15)16)3-4-13(11)10-18-7-5-17(2)6-8-18/h3-4,9H,5-8,10H2,1-2H3,(H3,15,16). The normalized spacial score (nSPS) is 17.9. The van der Waals surface area contributed by atoms with Gasteiger partial charge in [0.1, 0.15) is 5.84 Å². The minimum absolute atomic E-state index is 0.143. The average Bonchev–Trinajstić information content (AvgIpc) is 2.34. The van der Waals surface area contributed by atoms with Gasteiger partial charge in [0.25, 0.3) is 0 Å². The van der Waals surface area contributed by atoms with Gasteiger partial charge in [-0.2, -0.15) is 0 Å². The number of hydrogen-bond donors (Lipinski definition) is 2. The largest absolute Gasteiger partial charge is 0.384 e. The molecule has 1 aromatic rings. The molecule has 0 bridgehead atoms. The smallest absolute Gasteiger partial charge is 0.122 e. The number of nitrogen functional groups attached to an aromatic ring is 1. The minimum Gasteiger partial charge on any atom is -0.384 e. The van der Waals surface area contributed by atoms with Crippen LogP contribution in [0.2, 0.25) is 0 Å². The van der Waals surface area contributed by atoms with Crippen molar-refractivity contribution in [2.24, 2.45) is 5.73 Å². The van der Waals surface area contributed by atoms with Gasteiger partial charge in [-0.05, 0) is 31.2 Å². The van der Waals surface area contributed by atoms with E-state index in [-0.39, 0.29) is 5.84 Å². The summed E-state index contributed by atoms with van der Waals surface area (Å²) in [5.74, 6) is 0.143. The molecule has 1 aliphatic heterocycles. The molecule has 0 spiro atoms. The van der Waals surface area contributed by atoms with E-state index in [1.165, 1.54) is 11.1 Å². The first-order valence-electron chi connectivity index (χ1n) is 6.41. The molecule has 1 saturated heterocycles. The molecule has 4 heteroatoms. The molecule has 0 atom stereocenters. The van der Waals surface area contributed by atoms with E-state index in [1.54, 1.807) is 0 Å². The molecule has 98 valence electrons. The molecule has 1 fully saturated rings. The summed E-state index contributed by atoms with van der Waals surface area (Å²) in [5, 5.41) is 7.44. The maximum absolute atomic E-state index is 7.44. The third-order valence-corrected chi connectivity index (χ3v) is 3.64. The van der Waals surface area contributed by atoms with E-state index in [1.807, 2.05) is 12.1 Å². The quantitative estimate of drug-likeness (QED) is 0.618. The highest BCUT2D eigenvalue weighted by Gasteiger charge is 2.14. The van der Waals surface area contributed by atoms with Gasteiger partial charge in [-0.1, -0.05) is 12.1 Å². The summed E-state index contributed by atoms with van der Waals surface area (Å²) in [6.45, 7) is 7.64. The van der Waals surface area contributed by atoms with Crippen LogP contribution in [0.25, 0.3) is 0 Å². The van der Waals surface area contributed by atoms with E-state index in [0.29, 0.717) is 0 Å². The van der Waals surface area contributed by atoms with Crippen molar-refractivity contribution in [3.63, 3.8) is 0 Å². The number of rotatable bonds is 3. The Kier molecular flexibility index (Phi) is 3.99. The molecule has 0 amide bonds. The van der Waals surface area contributed by atoms with Crippen LogP contribution in [0, 0.1) is 12.3 Å². The van der Waals surface area contributed by atoms with Gasteiger partial charge in [0.2, 0.25) is 0 Å². The second kappa shape index (κ2) is 5.50. The second-order valence-electron chi connectivity index (χ2n) is 5.13. The van der Waals surface area contributed by atoms with Crippen LogP contribution >= 0.6 is 0 Å². The van der Waals surface area contributed by atoms with E-state index in [0.717, 1.165) is 38.3 Å². The third kappa shape index (κ3) is 3.09. The van der Waals surface area contributed by atoms with Gasteiger partial charge in [0.05, 0.1) is 0 Å². The molecule has 0 aliphatic carbocycles. The molecule has 0 aromatic heterocycles. The Morgan fingerprint density at radius 2 is 1.94 bits per heavy atom. The van der Waals surface area contributed by atoms with Crippen LogP contribution < -0.4 is 5.73 Å². The van der Waals surface area contributed by atoms with Crippen LogP contribution in [0.3, 0.4) is 0 Å². The van der Waals surface area contributed by atoms with Crippen LogP contribution in [0.1, 0.15) is 16.7 Å². The Morgan fingerprint density at radius 1 is 1.28 bits per heavy atom. The molecule has 3 N–H and O–H groups in total. The number of piperazine rings is 1. The number of nitrogens with zero attached hydrogens (tertiary/aromatic N) is 2. The summed E-state index contributed by atoms with van der Waals surface area (Å²) in [7, 11) is 2.17. The van der Waals surface area contributed by atoms with Gasteiger partial charge in [0, 0.05) is 38.3 Å². The van der Waals surface area contributed by atoms with Gasteiger partial charge in [-0.3, -0.25) is 10.3 Å². The van der Waals surface area contributed by atoms with Gasteiger partial charge in [-0.25, -0.2) is 0 Å². The lowest BCUT2D eigenvalue weighted by Crippen LogP contribution is -2.43. The van der Waals surface area contributed by atoms with Crippen molar-refractivity contribution in [3.8, 4) is 0 Å². The second-order valence-corrected chi connectivity index (χ2v) is 5.13. The van der Waals surface area contributed by atoms with Crippen molar-refractivity contribution in [2.45, 2.75) is 13.5 Å². The van der Waals surface area contributed by atoms with Gasteiger partial charge in [-0.15, -0.1) is 0 Å². The zero-order valence-electron chi connectivity index (χ0n) is 11.2. The van der Waals surface area contributed by atoms with Gasteiger partial charge in [0.15, 0.2) is 0 Å². The first-order chi connectivity index (χ1) is 8.56. The van der Waals surface area contributed by atoms with Crippen molar-refractivity contribution in [1.82, 2.24) is 9.80 Å². The van der Waals surface area contributed by atoms with Crippen LogP contribution in [0.5, 0.6) is 0 Å². The first-order valence-corrected chi connectivity index (χ1v) is 6.41. The number of likely N-dealkylation sites (N-methyl/N-ethyl adjacent to an activating group) is 1. The molecule has 1 aromatic carbocycles. The van der Waals surface area contributed by atoms with Crippen LogP contribution in [-0.2, 0) is 6.54 Å². The minimum atomic E-state index is 0.143. The van der Waals surface area contributed by atoms with Crippen LogP contribution in [0.4, 0.5) is 0 Å². The summed E-state index contributed by atoms with van der Waals surface area (Å²) >= 11 is 0. The third-order valence-electron chi connectivity index (χ3n) is 3.64. The highest BCUT2D eigenvalue weighted by Crippen LogP contribution is 2.14. The lowest BCUT2D eigenvalue weighted by atomic mass is 10.0. The predicted octanol–water partition coefficient (Wildman–Crippen LogP) is 1.03. The molecule has 4 nitrogen and oxygen atoms in total. The number of nitrogens with two attached hydrogens (primary N) is 1. The molecular weight excluding hydrogens is 224 g/mol. The fourth-order valence-corrected chi connectivity index (χ4v) is 2.29. The van der Waals surface area contributed by atoms with Crippen molar-refractivity contribution in [2.75, 3.05) is 33.2 Å². The number of nitrogens with one attached hydrogen (secondary N) is 1. The lowest BCUT2D eigenvalue weighted by Gasteiger charge is -2.32. The predicted molar refractivity (Wildman–Crippen MR) is 75.0 cm³/mol. The molecule has 0 unspecified atom stereocenters. The molecule has 0 radical (unpaired) electrons. The summed E-state index contributed by atoms with van der Waals surface area (Å²) in [4.78, 5) is 4.85.